The molecule has 0 bridgehead atoms. The van der Waals surface area contributed by atoms with E-state index in [1.807, 2.05) is 6.07 Å². The fourth-order valence-electron chi connectivity index (χ4n) is 2.17. The quantitative estimate of drug-likeness (QED) is 0.659. The zero-order chi connectivity index (χ0) is 10.2. The molecule has 1 atom stereocenters. The van der Waals surface area contributed by atoms with Crippen molar-refractivity contribution in [2.45, 2.75) is 32.6 Å². The van der Waals surface area contributed by atoms with Gasteiger partial charge in [-0.2, -0.15) is 0 Å². The molecule has 0 spiro atoms. The molecule has 0 N–H and O–H groups in total. The van der Waals surface area contributed by atoms with Gasteiger partial charge in [0.05, 0.1) is 6.61 Å². The van der Waals surface area contributed by atoms with Gasteiger partial charge in [-0.15, -0.1) is 0 Å². The van der Waals surface area contributed by atoms with Crippen molar-refractivity contribution in [3.8, 4) is 5.75 Å². The molecule has 1 aromatic carbocycles. The highest BCUT2D eigenvalue weighted by Gasteiger charge is 2.35. The van der Waals surface area contributed by atoms with Crippen LogP contribution < -0.4 is 4.74 Å². The van der Waals surface area contributed by atoms with Gasteiger partial charge in [-0.05, 0) is 18.4 Å². The number of para-hydroxylation sites is 1. The van der Waals surface area contributed by atoms with Crippen LogP contribution in [0.1, 0.15) is 32.8 Å². The van der Waals surface area contributed by atoms with Gasteiger partial charge in [0.15, 0.2) is 0 Å². The Hall–Kier alpha value is -0.980. The van der Waals surface area contributed by atoms with E-state index in [1.54, 1.807) is 0 Å². The second-order valence-electron chi connectivity index (χ2n) is 4.67. The Labute approximate surface area is 86.1 Å². The third kappa shape index (κ3) is 1.31. The highest BCUT2D eigenvalue weighted by molar-refractivity contribution is 5.41. The first-order chi connectivity index (χ1) is 6.64. The van der Waals surface area contributed by atoms with E-state index in [1.165, 1.54) is 5.56 Å². The van der Waals surface area contributed by atoms with Crippen molar-refractivity contribution in [2.75, 3.05) is 6.61 Å². The molecular formula is C13H18O. The van der Waals surface area contributed by atoms with Gasteiger partial charge in [-0.3, -0.25) is 0 Å². The average molecular weight is 190 g/mol. The molecule has 1 nitrogen and oxygen atoms in total. The molecule has 0 unspecified atom stereocenters. The summed E-state index contributed by atoms with van der Waals surface area (Å²) in [7, 11) is 0. The molecule has 0 fully saturated rings. The highest BCUT2D eigenvalue weighted by Crippen LogP contribution is 2.43. The van der Waals surface area contributed by atoms with Gasteiger partial charge < -0.3 is 4.74 Å². The average Bonchev–Trinajstić information content (AvgIpc) is 2.18. The fraction of sp³-hybridized carbons (Fsp3) is 0.538. The lowest BCUT2D eigenvalue weighted by Gasteiger charge is -2.39. The Morgan fingerprint density at radius 1 is 1.29 bits per heavy atom. The van der Waals surface area contributed by atoms with Gasteiger partial charge in [-0.1, -0.05) is 39.0 Å². The number of benzene rings is 1. The van der Waals surface area contributed by atoms with E-state index in [-0.39, 0.29) is 5.41 Å². The topological polar surface area (TPSA) is 9.23 Å². The second-order valence-corrected chi connectivity index (χ2v) is 4.67. The minimum atomic E-state index is 0.287. The van der Waals surface area contributed by atoms with E-state index >= 15 is 0 Å². The zero-order valence-corrected chi connectivity index (χ0v) is 9.21. The van der Waals surface area contributed by atoms with Crippen LogP contribution in [0, 0.1) is 5.92 Å². The molecule has 1 heteroatoms. The summed E-state index contributed by atoms with van der Waals surface area (Å²) in [6.45, 7) is 7.79. The van der Waals surface area contributed by atoms with Crippen LogP contribution in [0.25, 0.3) is 0 Å². The summed E-state index contributed by atoms with van der Waals surface area (Å²) < 4.78 is 5.67. The predicted octanol–water partition coefficient (Wildman–Crippen LogP) is 3.38. The maximum absolute atomic E-state index is 5.67. The lowest BCUT2D eigenvalue weighted by Crippen LogP contribution is -2.34. The van der Waals surface area contributed by atoms with Crippen molar-refractivity contribution in [3.63, 3.8) is 0 Å². The minimum absolute atomic E-state index is 0.287. The molecule has 0 amide bonds. The Morgan fingerprint density at radius 3 is 2.71 bits per heavy atom. The van der Waals surface area contributed by atoms with Crippen LogP contribution >= 0.6 is 0 Å². The first-order valence-corrected chi connectivity index (χ1v) is 5.37. The first-order valence-electron chi connectivity index (χ1n) is 5.37. The van der Waals surface area contributed by atoms with Crippen LogP contribution in [-0.4, -0.2) is 6.61 Å². The Kier molecular flexibility index (Phi) is 2.26. The van der Waals surface area contributed by atoms with E-state index in [0.29, 0.717) is 5.92 Å². The van der Waals surface area contributed by atoms with Gasteiger partial charge in [0, 0.05) is 11.0 Å². The van der Waals surface area contributed by atoms with Crippen molar-refractivity contribution in [2.24, 2.45) is 5.92 Å². The third-order valence-corrected chi connectivity index (χ3v) is 3.66. The Morgan fingerprint density at radius 2 is 2.00 bits per heavy atom. The molecule has 0 saturated heterocycles. The first kappa shape index (κ1) is 9.57. The SMILES string of the molecule is CC(C)[C@@]1(C)CCOc2ccccc21. The molecule has 1 aromatic rings. The number of hydrogen-bond acceptors (Lipinski definition) is 1. The summed E-state index contributed by atoms with van der Waals surface area (Å²) in [6.07, 6.45) is 1.13. The van der Waals surface area contributed by atoms with Gasteiger partial charge in [0.25, 0.3) is 0 Å². The summed E-state index contributed by atoms with van der Waals surface area (Å²) in [5.41, 5.74) is 1.66. The highest BCUT2D eigenvalue weighted by atomic mass is 16.5. The number of ether oxygens (including phenoxy) is 1. The standard InChI is InChI=1S/C13H18O/c1-10(2)13(3)8-9-14-12-7-5-4-6-11(12)13/h4-7,10H,8-9H2,1-3H3/t13-/m1/s1. The van der Waals surface area contributed by atoms with Crippen molar-refractivity contribution in [1.29, 1.82) is 0 Å². The second kappa shape index (κ2) is 3.30. The molecule has 2 rings (SSSR count). The molecule has 0 aromatic heterocycles. The smallest absolute Gasteiger partial charge is 0.123 e. The number of hydrogen-bond donors (Lipinski definition) is 0. The van der Waals surface area contributed by atoms with Crippen LogP contribution in [0.3, 0.4) is 0 Å². The summed E-state index contributed by atoms with van der Waals surface area (Å²) in [6, 6.07) is 8.43. The molecule has 1 aliphatic rings. The molecule has 0 aliphatic carbocycles. The van der Waals surface area contributed by atoms with E-state index in [9.17, 15) is 0 Å². The van der Waals surface area contributed by atoms with Crippen molar-refractivity contribution in [3.05, 3.63) is 29.8 Å². The van der Waals surface area contributed by atoms with E-state index in [0.717, 1.165) is 18.8 Å². The van der Waals surface area contributed by atoms with Gasteiger partial charge in [0.2, 0.25) is 0 Å². The van der Waals surface area contributed by atoms with Crippen LogP contribution in [0.15, 0.2) is 24.3 Å². The summed E-state index contributed by atoms with van der Waals surface area (Å²) in [4.78, 5) is 0. The lowest BCUT2D eigenvalue weighted by atomic mass is 9.70. The van der Waals surface area contributed by atoms with Crippen molar-refractivity contribution >= 4 is 0 Å². The molecule has 76 valence electrons. The number of rotatable bonds is 1. The largest absolute Gasteiger partial charge is 0.493 e. The predicted molar refractivity (Wildman–Crippen MR) is 58.7 cm³/mol. The van der Waals surface area contributed by atoms with Crippen LogP contribution in [-0.2, 0) is 5.41 Å². The molecular weight excluding hydrogens is 172 g/mol. The van der Waals surface area contributed by atoms with Crippen LogP contribution in [0.2, 0.25) is 0 Å². The van der Waals surface area contributed by atoms with Crippen molar-refractivity contribution in [1.82, 2.24) is 0 Å². The normalized spacial score (nSPS) is 25.7. The maximum Gasteiger partial charge on any atom is 0.123 e. The zero-order valence-electron chi connectivity index (χ0n) is 9.21. The summed E-state index contributed by atoms with van der Waals surface area (Å²) in [5, 5.41) is 0. The van der Waals surface area contributed by atoms with E-state index in [4.69, 9.17) is 4.74 Å². The summed E-state index contributed by atoms with van der Waals surface area (Å²) in [5.74, 6) is 1.74. The Balaban J connectivity index is 2.50. The van der Waals surface area contributed by atoms with E-state index in [2.05, 4.69) is 39.0 Å². The Bertz CT molecular complexity index is 330. The van der Waals surface area contributed by atoms with Gasteiger partial charge in [0.1, 0.15) is 5.75 Å². The molecule has 0 radical (unpaired) electrons. The van der Waals surface area contributed by atoms with Crippen LogP contribution in [0.5, 0.6) is 5.75 Å². The molecule has 14 heavy (non-hydrogen) atoms. The summed E-state index contributed by atoms with van der Waals surface area (Å²) >= 11 is 0. The monoisotopic (exact) mass is 190 g/mol. The third-order valence-electron chi connectivity index (χ3n) is 3.66. The maximum atomic E-state index is 5.67. The number of fused-ring (bicyclic) bond motifs is 1. The van der Waals surface area contributed by atoms with Gasteiger partial charge in [-0.25, -0.2) is 0 Å². The minimum Gasteiger partial charge on any atom is -0.493 e. The van der Waals surface area contributed by atoms with E-state index < -0.39 is 0 Å². The lowest BCUT2D eigenvalue weighted by molar-refractivity contribution is 0.187. The molecule has 1 heterocycles. The molecule has 1 aliphatic heterocycles. The van der Waals surface area contributed by atoms with Crippen molar-refractivity contribution < 1.29 is 4.74 Å². The fourth-order valence-corrected chi connectivity index (χ4v) is 2.17. The molecule has 0 saturated carbocycles. The van der Waals surface area contributed by atoms with Crippen LogP contribution in [0.4, 0.5) is 0 Å². The van der Waals surface area contributed by atoms with Gasteiger partial charge >= 0.3 is 0 Å².